The van der Waals surface area contributed by atoms with E-state index in [1.165, 1.54) is 116 Å². The quantitative estimate of drug-likeness (QED) is 0.340. The summed E-state index contributed by atoms with van der Waals surface area (Å²) in [5.74, 6) is 0.330. The molecule has 0 bridgehead atoms. The van der Waals surface area contributed by atoms with Gasteiger partial charge in [-0.1, -0.05) is 36.4 Å². The maximum Gasteiger partial charge on any atom is 0.0431 e. The van der Waals surface area contributed by atoms with Crippen molar-refractivity contribution in [1.82, 2.24) is 0 Å². The highest BCUT2D eigenvalue weighted by Crippen LogP contribution is 2.46. The Morgan fingerprint density at radius 2 is 0.575 bits per heavy atom. The van der Waals surface area contributed by atoms with Crippen molar-refractivity contribution in [2.24, 2.45) is 0 Å². The molecule has 3 aromatic rings. The van der Waals surface area contributed by atoms with Crippen molar-refractivity contribution >= 4 is 17.1 Å². The number of anilines is 3. The standard InChI is InChI=1S/C37H43N3/c1-7-25-19-31(20-26-8-2-14-38(13-1)35(25)26)34(32-21-27-9-3-15-39-16-4-10-28(22-32)36(27)39)33-23-29-11-5-17-40-18-6-12-30(24-33)37(29)40/h19-24,34H,1-18H2. The number of hydrogen-bond donors (Lipinski definition) is 0. The van der Waals surface area contributed by atoms with Crippen LogP contribution in [0.25, 0.3) is 0 Å². The molecule has 6 aliphatic rings. The van der Waals surface area contributed by atoms with Gasteiger partial charge in [-0.3, -0.25) is 0 Å². The Labute approximate surface area is 240 Å². The molecular weight excluding hydrogens is 486 g/mol. The fraction of sp³-hybridized carbons (Fsp3) is 0.514. The molecule has 0 aliphatic carbocycles. The fourth-order valence-corrected chi connectivity index (χ4v) is 9.57. The van der Waals surface area contributed by atoms with Crippen LogP contribution in [0.3, 0.4) is 0 Å². The third kappa shape index (κ3) is 3.68. The summed E-state index contributed by atoms with van der Waals surface area (Å²) in [7, 11) is 0. The van der Waals surface area contributed by atoms with E-state index in [-0.39, 0.29) is 0 Å². The molecule has 0 spiro atoms. The van der Waals surface area contributed by atoms with E-state index in [1.807, 2.05) is 0 Å². The number of aryl methyl sites for hydroxylation is 6. The van der Waals surface area contributed by atoms with Crippen LogP contribution in [0, 0.1) is 0 Å². The van der Waals surface area contributed by atoms with E-state index in [1.54, 1.807) is 67.1 Å². The van der Waals surface area contributed by atoms with Crippen molar-refractivity contribution in [2.75, 3.05) is 54.0 Å². The van der Waals surface area contributed by atoms with Crippen molar-refractivity contribution in [3.05, 3.63) is 86.5 Å². The minimum Gasteiger partial charge on any atom is -0.371 e. The molecule has 0 saturated heterocycles. The molecule has 6 aliphatic heterocycles. The predicted molar refractivity (Wildman–Crippen MR) is 167 cm³/mol. The van der Waals surface area contributed by atoms with E-state index in [0.717, 1.165) is 0 Å². The van der Waals surface area contributed by atoms with Gasteiger partial charge in [0.05, 0.1) is 0 Å². The predicted octanol–water partition coefficient (Wildman–Crippen LogP) is 6.96. The minimum absolute atomic E-state index is 0.330. The summed E-state index contributed by atoms with van der Waals surface area (Å²) in [5, 5.41) is 0. The zero-order valence-corrected chi connectivity index (χ0v) is 24.1. The Bertz CT molecular complexity index is 1230. The molecule has 0 fully saturated rings. The van der Waals surface area contributed by atoms with Gasteiger partial charge in [0.1, 0.15) is 0 Å². The van der Waals surface area contributed by atoms with Gasteiger partial charge in [0.25, 0.3) is 0 Å². The minimum atomic E-state index is 0.330. The van der Waals surface area contributed by atoms with E-state index in [0.29, 0.717) is 5.92 Å². The zero-order chi connectivity index (χ0) is 26.2. The van der Waals surface area contributed by atoms with Gasteiger partial charge in [0, 0.05) is 62.2 Å². The van der Waals surface area contributed by atoms with Crippen LogP contribution in [0.1, 0.15) is 94.5 Å². The van der Waals surface area contributed by atoms with Crippen LogP contribution in [0.5, 0.6) is 0 Å². The zero-order valence-electron chi connectivity index (χ0n) is 24.1. The van der Waals surface area contributed by atoms with Crippen molar-refractivity contribution in [1.29, 1.82) is 0 Å². The molecule has 40 heavy (non-hydrogen) atoms. The molecule has 0 aromatic heterocycles. The summed E-state index contributed by atoms with van der Waals surface area (Å²) >= 11 is 0. The molecule has 0 amide bonds. The maximum atomic E-state index is 2.70. The lowest BCUT2D eigenvalue weighted by Gasteiger charge is -2.40. The summed E-state index contributed by atoms with van der Waals surface area (Å²) in [5.41, 5.74) is 19.2. The van der Waals surface area contributed by atoms with E-state index in [2.05, 4.69) is 51.1 Å². The van der Waals surface area contributed by atoms with Gasteiger partial charge in [0.2, 0.25) is 0 Å². The van der Waals surface area contributed by atoms with Gasteiger partial charge < -0.3 is 14.7 Å². The first kappa shape index (κ1) is 23.7. The lowest BCUT2D eigenvalue weighted by molar-refractivity contribution is 0.628. The van der Waals surface area contributed by atoms with Gasteiger partial charge in [-0.25, -0.2) is 0 Å². The Hall–Kier alpha value is -2.94. The normalized spacial score (nSPS) is 20.8. The Morgan fingerprint density at radius 3 is 0.800 bits per heavy atom. The first-order chi connectivity index (χ1) is 19.8. The van der Waals surface area contributed by atoms with Crippen molar-refractivity contribution < 1.29 is 0 Å². The van der Waals surface area contributed by atoms with Crippen molar-refractivity contribution in [2.45, 2.75) is 83.0 Å². The van der Waals surface area contributed by atoms with E-state index < -0.39 is 0 Å². The second kappa shape index (κ2) is 9.29. The molecule has 9 rings (SSSR count). The lowest BCUT2D eigenvalue weighted by atomic mass is 9.77. The first-order valence-electron chi connectivity index (χ1n) is 16.5. The lowest BCUT2D eigenvalue weighted by Crippen LogP contribution is -2.35. The third-order valence-electron chi connectivity index (χ3n) is 11.1. The van der Waals surface area contributed by atoms with Crippen LogP contribution in [0.4, 0.5) is 17.1 Å². The number of benzene rings is 3. The van der Waals surface area contributed by atoms with Crippen LogP contribution >= 0.6 is 0 Å². The Kier molecular flexibility index (Phi) is 5.51. The number of nitrogens with zero attached hydrogens (tertiary/aromatic N) is 3. The molecule has 0 radical (unpaired) electrons. The smallest absolute Gasteiger partial charge is 0.0431 e. The van der Waals surface area contributed by atoms with E-state index >= 15 is 0 Å². The molecule has 0 unspecified atom stereocenters. The highest BCUT2D eigenvalue weighted by atomic mass is 15.2. The second-order valence-corrected chi connectivity index (χ2v) is 13.6. The highest BCUT2D eigenvalue weighted by Gasteiger charge is 2.32. The summed E-state index contributed by atoms with van der Waals surface area (Å²) in [6.45, 7) is 7.49. The van der Waals surface area contributed by atoms with E-state index in [4.69, 9.17) is 0 Å². The molecule has 0 atom stereocenters. The SMILES string of the molecule is c1c(C(c2cc3c4c(c2)CCCN4CCC3)c2cc3c4c(c2)CCCN4CCC3)cc2c3c1CCCN3CCC2. The van der Waals surface area contributed by atoms with Crippen LogP contribution in [0.15, 0.2) is 36.4 Å². The molecule has 0 N–H and O–H groups in total. The summed E-state index contributed by atoms with van der Waals surface area (Å²) in [6, 6.07) is 15.9. The monoisotopic (exact) mass is 529 g/mol. The molecule has 0 saturated carbocycles. The molecular formula is C37H43N3. The van der Waals surface area contributed by atoms with Gasteiger partial charge in [-0.05, 0) is 127 Å². The summed E-state index contributed by atoms with van der Waals surface area (Å²) < 4.78 is 0. The Balaban J connectivity index is 1.26. The van der Waals surface area contributed by atoms with Gasteiger partial charge in [-0.15, -0.1) is 0 Å². The van der Waals surface area contributed by atoms with Gasteiger partial charge >= 0.3 is 0 Å². The van der Waals surface area contributed by atoms with Gasteiger partial charge in [0.15, 0.2) is 0 Å². The summed E-state index contributed by atoms with van der Waals surface area (Å²) in [4.78, 5) is 8.10. The van der Waals surface area contributed by atoms with Crippen LogP contribution in [0.2, 0.25) is 0 Å². The Morgan fingerprint density at radius 1 is 0.350 bits per heavy atom. The average molecular weight is 530 g/mol. The number of hydrogen-bond acceptors (Lipinski definition) is 3. The summed E-state index contributed by atoms with van der Waals surface area (Å²) in [6.07, 6.45) is 15.3. The molecule has 3 aromatic carbocycles. The molecule has 206 valence electrons. The van der Waals surface area contributed by atoms with Crippen molar-refractivity contribution in [3.63, 3.8) is 0 Å². The molecule has 6 heterocycles. The van der Waals surface area contributed by atoms with Crippen LogP contribution in [-0.4, -0.2) is 39.3 Å². The van der Waals surface area contributed by atoms with Gasteiger partial charge in [-0.2, -0.15) is 0 Å². The molecule has 3 heteroatoms. The first-order valence-corrected chi connectivity index (χ1v) is 16.5. The fourth-order valence-electron chi connectivity index (χ4n) is 9.57. The largest absolute Gasteiger partial charge is 0.371 e. The van der Waals surface area contributed by atoms with Crippen LogP contribution < -0.4 is 14.7 Å². The van der Waals surface area contributed by atoms with Crippen LogP contribution in [-0.2, 0) is 38.5 Å². The third-order valence-corrected chi connectivity index (χ3v) is 11.1. The highest BCUT2D eigenvalue weighted by molar-refractivity contribution is 5.70. The average Bonchev–Trinajstić information content (AvgIpc) is 2.98. The number of rotatable bonds is 3. The van der Waals surface area contributed by atoms with E-state index in [9.17, 15) is 0 Å². The maximum absolute atomic E-state index is 2.70. The molecule has 3 nitrogen and oxygen atoms in total. The van der Waals surface area contributed by atoms with Crippen molar-refractivity contribution in [3.8, 4) is 0 Å². The second-order valence-electron chi connectivity index (χ2n) is 13.6. The topological polar surface area (TPSA) is 9.72 Å².